The van der Waals surface area contributed by atoms with Gasteiger partial charge in [0.1, 0.15) is 5.69 Å². The number of likely N-dealkylation sites (tertiary alicyclic amines) is 1. The molecule has 2 N–H and O–H groups in total. The summed E-state index contributed by atoms with van der Waals surface area (Å²) in [6.07, 6.45) is 5.11. The van der Waals surface area contributed by atoms with E-state index in [2.05, 4.69) is 9.88 Å². The zero-order valence-corrected chi connectivity index (χ0v) is 10.5. The van der Waals surface area contributed by atoms with Crippen molar-refractivity contribution in [2.24, 2.45) is 11.7 Å². The number of rotatable bonds is 4. The van der Waals surface area contributed by atoms with Crippen LogP contribution in [0.3, 0.4) is 0 Å². The molecule has 96 valence electrons. The number of nitrogens with two attached hydrogens (primary N) is 1. The summed E-state index contributed by atoms with van der Waals surface area (Å²) >= 11 is 0. The van der Waals surface area contributed by atoms with Gasteiger partial charge in [-0.25, -0.2) is 4.98 Å². The Morgan fingerprint density at radius 3 is 2.94 bits per heavy atom. The van der Waals surface area contributed by atoms with Gasteiger partial charge in [-0.1, -0.05) is 6.07 Å². The molecule has 1 amide bonds. The van der Waals surface area contributed by atoms with E-state index in [9.17, 15) is 4.79 Å². The van der Waals surface area contributed by atoms with Gasteiger partial charge >= 0.3 is 0 Å². The largest absolute Gasteiger partial charge is 0.364 e. The maximum atomic E-state index is 11.2. The third-order valence-corrected chi connectivity index (χ3v) is 3.92. The van der Waals surface area contributed by atoms with Crippen molar-refractivity contribution in [1.29, 1.82) is 0 Å². The molecule has 4 heteroatoms. The van der Waals surface area contributed by atoms with Gasteiger partial charge in [0.15, 0.2) is 0 Å². The van der Waals surface area contributed by atoms with Gasteiger partial charge < -0.3 is 5.73 Å². The number of carbonyl (C=O) groups excluding carboxylic acids is 1. The van der Waals surface area contributed by atoms with Crippen molar-refractivity contribution >= 4 is 5.91 Å². The number of hydrogen-bond acceptors (Lipinski definition) is 3. The predicted molar refractivity (Wildman–Crippen MR) is 69.0 cm³/mol. The molecule has 2 heterocycles. The lowest BCUT2D eigenvalue weighted by molar-refractivity contribution is 0.0995. The molecular weight excluding hydrogens is 226 g/mol. The fourth-order valence-electron chi connectivity index (χ4n) is 2.79. The second kappa shape index (κ2) is 4.69. The lowest BCUT2D eigenvalue weighted by atomic mass is 10.1. The summed E-state index contributed by atoms with van der Waals surface area (Å²) in [5, 5.41) is 0. The van der Waals surface area contributed by atoms with Gasteiger partial charge in [-0.2, -0.15) is 0 Å². The van der Waals surface area contributed by atoms with Crippen LogP contribution in [0.2, 0.25) is 0 Å². The van der Waals surface area contributed by atoms with Crippen molar-refractivity contribution in [2.75, 3.05) is 13.1 Å². The van der Waals surface area contributed by atoms with E-state index < -0.39 is 5.91 Å². The Bertz CT molecular complexity index is 456. The van der Waals surface area contributed by atoms with Gasteiger partial charge in [-0.3, -0.25) is 9.69 Å². The first-order valence-corrected chi connectivity index (χ1v) is 6.75. The maximum Gasteiger partial charge on any atom is 0.267 e. The summed E-state index contributed by atoms with van der Waals surface area (Å²) in [5.74, 6) is 0.452. The maximum absolute atomic E-state index is 11.2. The Balaban J connectivity index is 1.79. The van der Waals surface area contributed by atoms with Gasteiger partial charge in [0.25, 0.3) is 5.91 Å². The fourth-order valence-corrected chi connectivity index (χ4v) is 2.79. The molecule has 1 atom stereocenters. The van der Waals surface area contributed by atoms with E-state index in [0.29, 0.717) is 11.7 Å². The fraction of sp³-hybridized carbons (Fsp3) is 0.571. The van der Waals surface area contributed by atoms with E-state index in [1.54, 1.807) is 6.07 Å². The molecule has 18 heavy (non-hydrogen) atoms. The van der Waals surface area contributed by atoms with Crippen LogP contribution < -0.4 is 5.73 Å². The van der Waals surface area contributed by atoms with Crippen molar-refractivity contribution in [2.45, 2.75) is 31.7 Å². The van der Waals surface area contributed by atoms with Gasteiger partial charge in [0.05, 0.1) is 11.7 Å². The third kappa shape index (κ3) is 2.38. The molecule has 0 bridgehead atoms. The first kappa shape index (κ1) is 11.7. The average Bonchev–Trinajstić information content (AvgIpc) is 3.06. The Kier molecular flexibility index (Phi) is 3.04. The highest BCUT2D eigenvalue weighted by Gasteiger charge is 2.32. The summed E-state index contributed by atoms with van der Waals surface area (Å²) in [7, 11) is 0. The number of primary amides is 1. The smallest absolute Gasteiger partial charge is 0.267 e. The molecule has 1 saturated heterocycles. The number of nitrogens with zero attached hydrogens (tertiary/aromatic N) is 2. The van der Waals surface area contributed by atoms with Crippen molar-refractivity contribution in [3.63, 3.8) is 0 Å². The van der Waals surface area contributed by atoms with Crippen molar-refractivity contribution in [3.05, 3.63) is 29.6 Å². The summed E-state index contributed by atoms with van der Waals surface area (Å²) < 4.78 is 0. The monoisotopic (exact) mass is 245 g/mol. The molecule has 1 aromatic heterocycles. The first-order chi connectivity index (χ1) is 8.74. The molecule has 1 unspecified atom stereocenters. The Hall–Kier alpha value is -1.42. The first-order valence-electron chi connectivity index (χ1n) is 6.75. The Labute approximate surface area is 107 Å². The van der Waals surface area contributed by atoms with Crippen LogP contribution in [0, 0.1) is 5.92 Å². The molecule has 0 spiro atoms. The van der Waals surface area contributed by atoms with Crippen molar-refractivity contribution in [3.8, 4) is 0 Å². The van der Waals surface area contributed by atoms with E-state index in [4.69, 9.17) is 5.73 Å². The van der Waals surface area contributed by atoms with Crippen molar-refractivity contribution in [1.82, 2.24) is 9.88 Å². The number of amides is 1. The minimum absolute atomic E-state index is 0.380. The van der Waals surface area contributed by atoms with Crippen LogP contribution in [-0.2, 0) is 0 Å². The number of aromatic nitrogens is 1. The average molecular weight is 245 g/mol. The lowest BCUT2D eigenvalue weighted by Gasteiger charge is -2.24. The van der Waals surface area contributed by atoms with Gasteiger partial charge in [-0.15, -0.1) is 0 Å². The predicted octanol–water partition coefficient (Wildman–Crippen LogP) is 1.73. The molecule has 1 saturated carbocycles. The summed E-state index contributed by atoms with van der Waals surface area (Å²) in [4.78, 5) is 18.1. The summed E-state index contributed by atoms with van der Waals surface area (Å²) in [5.41, 5.74) is 6.68. The Morgan fingerprint density at radius 2 is 2.22 bits per heavy atom. The van der Waals surface area contributed by atoms with Crippen LogP contribution in [-0.4, -0.2) is 28.9 Å². The second-order valence-electron chi connectivity index (χ2n) is 5.41. The van der Waals surface area contributed by atoms with E-state index >= 15 is 0 Å². The number of carbonyl (C=O) groups is 1. The highest BCUT2D eigenvalue weighted by molar-refractivity contribution is 5.90. The molecule has 0 radical (unpaired) electrons. The standard InChI is InChI=1S/C14H19N3O/c15-14(18)12-4-1-3-11(16-12)13-5-2-8-17(13)9-10-6-7-10/h1,3-4,10,13H,2,5-9H2,(H2,15,18). The van der Waals surface area contributed by atoms with Crippen molar-refractivity contribution < 1.29 is 4.79 Å². The van der Waals surface area contributed by atoms with Crippen LogP contribution in [0.5, 0.6) is 0 Å². The molecule has 4 nitrogen and oxygen atoms in total. The highest BCUT2D eigenvalue weighted by atomic mass is 16.1. The topological polar surface area (TPSA) is 59.2 Å². The highest BCUT2D eigenvalue weighted by Crippen LogP contribution is 2.37. The van der Waals surface area contributed by atoms with Gasteiger partial charge in [0.2, 0.25) is 0 Å². The van der Waals surface area contributed by atoms with E-state index in [-0.39, 0.29) is 0 Å². The molecule has 1 aromatic rings. The van der Waals surface area contributed by atoms with E-state index in [1.165, 1.54) is 25.8 Å². The van der Waals surface area contributed by atoms with E-state index in [0.717, 1.165) is 24.6 Å². The zero-order chi connectivity index (χ0) is 12.5. The van der Waals surface area contributed by atoms with Crippen LogP contribution >= 0.6 is 0 Å². The third-order valence-electron chi connectivity index (χ3n) is 3.92. The molecule has 1 aliphatic heterocycles. The van der Waals surface area contributed by atoms with Crippen LogP contribution in [0.1, 0.15) is 47.9 Å². The zero-order valence-electron chi connectivity index (χ0n) is 10.5. The SMILES string of the molecule is NC(=O)c1cccc(C2CCCN2CC2CC2)n1. The van der Waals surface area contributed by atoms with Crippen LogP contribution in [0.4, 0.5) is 0 Å². The quantitative estimate of drug-likeness (QED) is 0.878. The molecule has 0 aromatic carbocycles. The van der Waals surface area contributed by atoms with Gasteiger partial charge in [0, 0.05) is 6.54 Å². The normalized spacial score (nSPS) is 24.3. The lowest BCUT2D eigenvalue weighted by Crippen LogP contribution is -2.26. The minimum Gasteiger partial charge on any atom is -0.364 e. The molecule has 1 aliphatic carbocycles. The summed E-state index contributed by atoms with van der Waals surface area (Å²) in [6, 6.07) is 5.97. The number of pyridine rings is 1. The molecule has 2 aliphatic rings. The molecular formula is C14H19N3O. The second-order valence-corrected chi connectivity index (χ2v) is 5.41. The molecule has 3 rings (SSSR count). The van der Waals surface area contributed by atoms with E-state index in [1.807, 2.05) is 12.1 Å². The number of hydrogen-bond donors (Lipinski definition) is 1. The molecule has 2 fully saturated rings. The van der Waals surface area contributed by atoms with Gasteiger partial charge in [-0.05, 0) is 50.3 Å². The van der Waals surface area contributed by atoms with Crippen LogP contribution in [0.15, 0.2) is 18.2 Å². The summed E-state index contributed by atoms with van der Waals surface area (Å²) in [6.45, 7) is 2.34. The Morgan fingerprint density at radius 1 is 1.39 bits per heavy atom. The minimum atomic E-state index is -0.441. The van der Waals surface area contributed by atoms with Crippen LogP contribution in [0.25, 0.3) is 0 Å².